The predicted octanol–water partition coefficient (Wildman–Crippen LogP) is 2.19. The Labute approximate surface area is 124 Å². The molecule has 1 aromatic rings. The number of hydrogen-bond acceptors (Lipinski definition) is 3. The van der Waals surface area contributed by atoms with Crippen molar-refractivity contribution in [2.75, 3.05) is 26.2 Å². The second-order valence-electron chi connectivity index (χ2n) is 6.03. The van der Waals surface area contributed by atoms with Gasteiger partial charge in [-0.2, -0.15) is 0 Å². The molecule has 114 valence electrons. The molecule has 1 atom stereocenters. The third-order valence-electron chi connectivity index (χ3n) is 4.60. The maximum atomic E-state index is 14.0. The Hall–Kier alpha value is -1.46. The van der Waals surface area contributed by atoms with E-state index in [1.54, 1.807) is 6.07 Å². The van der Waals surface area contributed by atoms with E-state index in [0.29, 0.717) is 18.2 Å². The Bertz CT molecular complexity index is 529. The fourth-order valence-electron chi connectivity index (χ4n) is 3.41. The van der Waals surface area contributed by atoms with E-state index in [9.17, 15) is 9.18 Å². The van der Waals surface area contributed by atoms with E-state index in [4.69, 9.17) is 5.11 Å². The van der Waals surface area contributed by atoms with Gasteiger partial charge in [0.2, 0.25) is 0 Å². The first-order chi connectivity index (χ1) is 10.1. The van der Waals surface area contributed by atoms with Crippen molar-refractivity contribution in [3.8, 4) is 0 Å². The Morgan fingerprint density at radius 2 is 2.05 bits per heavy atom. The average Bonchev–Trinajstić information content (AvgIpc) is 3.11. The minimum atomic E-state index is -1.09. The third-order valence-corrected chi connectivity index (χ3v) is 4.60. The van der Waals surface area contributed by atoms with Crippen molar-refractivity contribution >= 4 is 5.97 Å². The number of carbonyl (C=O) groups is 1. The Balaban J connectivity index is 1.61. The predicted molar refractivity (Wildman–Crippen MR) is 77.8 cm³/mol. The molecule has 2 aliphatic rings. The highest BCUT2D eigenvalue weighted by molar-refractivity contribution is 5.87. The van der Waals surface area contributed by atoms with Crippen LogP contribution in [0.4, 0.5) is 4.39 Å². The SMILES string of the molecule is O=C(O)c1ccc(CN2CCC(N3CCCC3)C2)c(F)c1. The van der Waals surface area contributed by atoms with Gasteiger partial charge in [0.15, 0.2) is 0 Å². The molecule has 0 bridgehead atoms. The van der Waals surface area contributed by atoms with Crippen LogP contribution in [0.3, 0.4) is 0 Å². The highest BCUT2D eigenvalue weighted by Gasteiger charge is 2.29. The van der Waals surface area contributed by atoms with Crippen LogP contribution in [0, 0.1) is 5.82 Å². The molecule has 5 heteroatoms. The van der Waals surface area contributed by atoms with Crippen LogP contribution in [0.2, 0.25) is 0 Å². The van der Waals surface area contributed by atoms with Gasteiger partial charge in [0.05, 0.1) is 5.56 Å². The Morgan fingerprint density at radius 3 is 2.71 bits per heavy atom. The van der Waals surface area contributed by atoms with Crippen LogP contribution in [0.5, 0.6) is 0 Å². The summed E-state index contributed by atoms with van der Waals surface area (Å²) in [5, 5.41) is 8.86. The third kappa shape index (κ3) is 3.24. The topological polar surface area (TPSA) is 43.8 Å². The van der Waals surface area contributed by atoms with Crippen LogP contribution in [0.1, 0.15) is 35.2 Å². The van der Waals surface area contributed by atoms with Gasteiger partial charge in [0.1, 0.15) is 5.82 Å². The highest BCUT2D eigenvalue weighted by atomic mass is 19.1. The largest absolute Gasteiger partial charge is 0.478 e. The van der Waals surface area contributed by atoms with Crippen LogP contribution < -0.4 is 0 Å². The molecule has 2 fully saturated rings. The number of hydrogen-bond donors (Lipinski definition) is 1. The summed E-state index contributed by atoms with van der Waals surface area (Å²) in [6.07, 6.45) is 3.73. The van der Waals surface area contributed by atoms with Crippen molar-refractivity contribution in [2.24, 2.45) is 0 Å². The molecule has 0 aromatic heterocycles. The van der Waals surface area contributed by atoms with E-state index in [0.717, 1.165) is 25.6 Å². The smallest absolute Gasteiger partial charge is 0.335 e. The van der Waals surface area contributed by atoms with E-state index >= 15 is 0 Å². The van der Waals surface area contributed by atoms with E-state index in [1.807, 2.05) is 0 Å². The zero-order chi connectivity index (χ0) is 14.8. The number of halogens is 1. The van der Waals surface area contributed by atoms with Crippen molar-refractivity contribution in [3.63, 3.8) is 0 Å². The van der Waals surface area contributed by atoms with Crippen LogP contribution in [0.15, 0.2) is 18.2 Å². The zero-order valence-corrected chi connectivity index (χ0v) is 12.1. The molecular formula is C16H21FN2O2. The molecule has 1 unspecified atom stereocenters. The van der Waals surface area contributed by atoms with Gasteiger partial charge in [-0.1, -0.05) is 6.07 Å². The van der Waals surface area contributed by atoms with Crippen LogP contribution >= 0.6 is 0 Å². The summed E-state index contributed by atoms with van der Waals surface area (Å²) in [6.45, 7) is 4.93. The quantitative estimate of drug-likeness (QED) is 0.924. The Morgan fingerprint density at radius 1 is 1.29 bits per heavy atom. The molecule has 0 aliphatic carbocycles. The maximum Gasteiger partial charge on any atom is 0.335 e. The van der Waals surface area contributed by atoms with Gasteiger partial charge in [0.25, 0.3) is 0 Å². The molecule has 0 spiro atoms. The van der Waals surface area contributed by atoms with E-state index < -0.39 is 11.8 Å². The van der Waals surface area contributed by atoms with Gasteiger partial charge in [-0.05, 0) is 44.5 Å². The first-order valence-corrected chi connectivity index (χ1v) is 7.61. The summed E-state index contributed by atoms with van der Waals surface area (Å²) in [6, 6.07) is 4.80. The van der Waals surface area contributed by atoms with Gasteiger partial charge in [0, 0.05) is 31.2 Å². The molecule has 2 aliphatic heterocycles. The zero-order valence-electron chi connectivity index (χ0n) is 12.1. The summed E-state index contributed by atoms with van der Waals surface area (Å²) in [5.41, 5.74) is 0.592. The van der Waals surface area contributed by atoms with Gasteiger partial charge in [-0.25, -0.2) is 9.18 Å². The molecule has 0 saturated carbocycles. The van der Waals surface area contributed by atoms with Crippen molar-refractivity contribution in [1.82, 2.24) is 9.80 Å². The van der Waals surface area contributed by atoms with Crippen LogP contribution in [-0.4, -0.2) is 53.1 Å². The summed E-state index contributed by atoms with van der Waals surface area (Å²) in [4.78, 5) is 15.6. The summed E-state index contributed by atoms with van der Waals surface area (Å²) in [7, 11) is 0. The number of benzene rings is 1. The van der Waals surface area contributed by atoms with Crippen LogP contribution in [-0.2, 0) is 6.54 Å². The van der Waals surface area contributed by atoms with E-state index in [1.165, 1.54) is 32.0 Å². The van der Waals surface area contributed by atoms with Crippen molar-refractivity contribution in [2.45, 2.75) is 31.8 Å². The number of nitrogens with zero attached hydrogens (tertiary/aromatic N) is 2. The molecule has 2 heterocycles. The highest BCUT2D eigenvalue weighted by Crippen LogP contribution is 2.22. The van der Waals surface area contributed by atoms with Crippen LogP contribution in [0.25, 0.3) is 0 Å². The lowest BCUT2D eigenvalue weighted by Gasteiger charge is -2.23. The second-order valence-corrected chi connectivity index (χ2v) is 6.03. The van der Waals surface area contributed by atoms with Crippen molar-refractivity contribution < 1.29 is 14.3 Å². The minimum absolute atomic E-state index is 0.00705. The van der Waals surface area contributed by atoms with Gasteiger partial charge >= 0.3 is 5.97 Å². The normalized spacial score (nSPS) is 23.8. The lowest BCUT2D eigenvalue weighted by atomic mass is 10.1. The van der Waals surface area contributed by atoms with E-state index in [-0.39, 0.29) is 5.56 Å². The molecular weight excluding hydrogens is 271 g/mol. The average molecular weight is 292 g/mol. The summed E-state index contributed by atoms with van der Waals surface area (Å²) in [5.74, 6) is -1.50. The monoisotopic (exact) mass is 292 g/mol. The lowest BCUT2D eigenvalue weighted by Crippen LogP contribution is -2.35. The molecule has 1 aromatic carbocycles. The summed E-state index contributed by atoms with van der Waals surface area (Å²) >= 11 is 0. The molecule has 21 heavy (non-hydrogen) atoms. The number of likely N-dealkylation sites (tertiary alicyclic amines) is 2. The first-order valence-electron chi connectivity index (χ1n) is 7.61. The molecule has 1 N–H and O–H groups in total. The van der Waals surface area contributed by atoms with E-state index in [2.05, 4.69) is 9.80 Å². The second kappa shape index (κ2) is 6.12. The molecule has 0 radical (unpaired) electrons. The van der Waals surface area contributed by atoms with Gasteiger partial charge in [-0.15, -0.1) is 0 Å². The number of carboxylic acids is 1. The minimum Gasteiger partial charge on any atom is -0.478 e. The molecule has 0 amide bonds. The fourth-order valence-corrected chi connectivity index (χ4v) is 3.41. The maximum absolute atomic E-state index is 14.0. The Kier molecular flexibility index (Phi) is 4.22. The van der Waals surface area contributed by atoms with Crippen molar-refractivity contribution in [3.05, 3.63) is 35.1 Å². The number of carboxylic acid groups (broad SMARTS) is 1. The lowest BCUT2D eigenvalue weighted by molar-refractivity contribution is 0.0696. The number of rotatable bonds is 4. The molecule has 2 saturated heterocycles. The van der Waals surface area contributed by atoms with Crippen molar-refractivity contribution in [1.29, 1.82) is 0 Å². The van der Waals surface area contributed by atoms with Gasteiger partial charge in [-0.3, -0.25) is 9.80 Å². The molecule has 3 rings (SSSR count). The summed E-state index contributed by atoms with van der Waals surface area (Å²) < 4.78 is 14.0. The standard InChI is InChI=1S/C16H21FN2O2/c17-15-9-12(16(20)21)3-4-13(15)10-18-8-5-14(11-18)19-6-1-2-7-19/h3-4,9,14H,1-2,5-8,10-11H2,(H,20,21). The van der Waals surface area contributed by atoms with Gasteiger partial charge < -0.3 is 5.11 Å². The fraction of sp³-hybridized carbons (Fsp3) is 0.562. The molecule has 4 nitrogen and oxygen atoms in total. The first kappa shape index (κ1) is 14.5. The number of aromatic carboxylic acids is 1.